The number of aromatic nitrogens is 2. The summed E-state index contributed by atoms with van der Waals surface area (Å²) in [7, 11) is 1.69. The normalized spacial score (nSPS) is 11.0. The summed E-state index contributed by atoms with van der Waals surface area (Å²) in [6.45, 7) is 0.655. The molecule has 2 heterocycles. The minimum absolute atomic E-state index is 0.655. The average molecular weight is 270 g/mol. The molecule has 0 bridgehead atoms. The monoisotopic (exact) mass is 270 g/mol. The van der Waals surface area contributed by atoms with Gasteiger partial charge >= 0.3 is 0 Å². The second kappa shape index (κ2) is 5.47. The summed E-state index contributed by atoms with van der Waals surface area (Å²) >= 11 is 1.66. The maximum absolute atomic E-state index is 5.06. The van der Waals surface area contributed by atoms with E-state index in [0.29, 0.717) is 6.61 Å². The van der Waals surface area contributed by atoms with Crippen LogP contribution in [0.4, 0.5) is 0 Å². The molecule has 4 heteroatoms. The van der Waals surface area contributed by atoms with Crippen molar-refractivity contribution in [1.29, 1.82) is 0 Å². The molecule has 0 aliphatic heterocycles. The maximum Gasteiger partial charge on any atom is 0.132 e. The summed E-state index contributed by atoms with van der Waals surface area (Å²) in [5.41, 5.74) is 2.42. The molecule has 0 saturated carbocycles. The smallest absolute Gasteiger partial charge is 0.132 e. The van der Waals surface area contributed by atoms with E-state index in [4.69, 9.17) is 4.74 Å². The fraction of sp³-hybridized carbons (Fsp3) is 0.200. The molecule has 2 aromatic heterocycles. The molecule has 3 nitrogen and oxygen atoms in total. The van der Waals surface area contributed by atoms with Crippen molar-refractivity contribution in [2.45, 2.75) is 6.42 Å². The van der Waals surface area contributed by atoms with Crippen molar-refractivity contribution >= 4 is 21.6 Å². The summed E-state index contributed by atoms with van der Waals surface area (Å²) in [5.74, 6) is 0.843. The lowest BCUT2D eigenvalue weighted by Crippen LogP contribution is -1.99. The van der Waals surface area contributed by atoms with Gasteiger partial charge in [-0.3, -0.25) is 0 Å². The van der Waals surface area contributed by atoms with Crippen LogP contribution in [0.3, 0.4) is 0 Å². The third-order valence-electron chi connectivity index (χ3n) is 3.00. The summed E-state index contributed by atoms with van der Waals surface area (Å²) in [4.78, 5) is 10.0. The van der Waals surface area contributed by atoms with E-state index in [1.807, 2.05) is 24.4 Å². The zero-order valence-electron chi connectivity index (χ0n) is 10.7. The molecule has 0 fully saturated rings. The first-order chi connectivity index (χ1) is 9.38. The Morgan fingerprint density at radius 3 is 2.84 bits per heavy atom. The summed E-state index contributed by atoms with van der Waals surface area (Å²) in [6, 6.07) is 10.3. The van der Waals surface area contributed by atoms with Gasteiger partial charge in [-0.2, -0.15) is 0 Å². The molecular formula is C15H14N2OS. The molecule has 0 radical (unpaired) electrons. The Hall–Kier alpha value is -1.78. The van der Waals surface area contributed by atoms with Gasteiger partial charge in [0.15, 0.2) is 0 Å². The van der Waals surface area contributed by atoms with Gasteiger partial charge in [0.1, 0.15) is 10.7 Å². The van der Waals surface area contributed by atoms with Gasteiger partial charge in [0, 0.05) is 36.1 Å². The van der Waals surface area contributed by atoms with Gasteiger partial charge in [0.2, 0.25) is 0 Å². The molecule has 0 spiro atoms. The number of ether oxygens (including phenoxy) is 1. The zero-order chi connectivity index (χ0) is 13.1. The van der Waals surface area contributed by atoms with Crippen LogP contribution < -0.4 is 0 Å². The minimum Gasteiger partial charge on any atom is -0.384 e. The average Bonchev–Trinajstić information content (AvgIpc) is 2.89. The molecule has 0 amide bonds. The fourth-order valence-corrected chi connectivity index (χ4v) is 2.95. The zero-order valence-corrected chi connectivity index (χ0v) is 11.5. The molecule has 0 unspecified atom stereocenters. The molecule has 0 atom stereocenters. The molecule has 0 N–H and O–H groups in total. The molecule has 0 aliphatic rings. The van der Waals surface area contributed by atoms with Gasteiger partial charge in [-0.25, -0.2) is 9.97 Å². The molecular weight excluding hydrogens is 256 g/mol. The van der Waals surface area contributed by atoms with E-state index >= 15 is 0 Å². The van der Waals surface area contributed by atoms with E-state index in [1.165, 1.54) is 11.1 Å². The highest BCUT2D eigenvalue weighted by Crippen LogP contribution is 2.32. The Labute approximate surface area is 115 Å². The number of methoxy groups -OCH3 is 1. The van der Waals surface area contributed by atoms with Crippen LogP contribution in [-0.2, 0) is 11.2 Å². The third-order valence-corrected chi connectivity index (χ3v) is 3.88. The standard InChI is InChI=1S/C15H14N2OS/c1-18-8-7-14-16-9-12-13(10-19-15(12)17-14)11-5-3-2-4-6-11/h2-6,9-10H,7-8H2,1H3. The van der Waals surface area contributed by atoms with E-state index < -0.39 is 0 Å². The van der Waals surface area contributed by atoms with E-state index in [0.717, 1.165) is 22.5 Å². The maximum atomic E-state index is 5.06. The van der Waals surface area contributed by atoms with Crippen molar-refractivity contribution in [1.82, 2.24) is 9.97 Å². The second-order valence-electron chi connectivity index (χ2n) is 4.26. The van der Waals surface area contributed by atoms with E-state index in [1.54, 1.807) is 18.4 Å². The van der Waals surface area contributed by atoms with Crippen molar-refractivity contribution in [2.75, 3.05) is 13.7 Å². The highest BCUT2D eigenvalue weighted by molar-refractivity contribution is 7.17. The SMILES string of the molecule is COCCc1ncc2c(-c3ccccc3)csc2n1. The van der Waals surface area contributed by atoms with Crippen molar-refractivity contribution in [3.63, 3.8) is 0 Å². The van der Waals surface area contributed by atoms with Gasteiger partial charge in [-0.1, -0.05) is 30.3 Å². The van der Waals surface area contributed by atoms with Gasteiger partial charge in [-0.15, -0.1) is 11.3 Å². The Bertz CT molecular complexity index is 679. The first kappa shape index (κ1) is 12.3. The first-order valence-corrected chi connectivity index (χ1v) is 7.04. The predicted molar refractivity (Wildman–Crippen MR) is 78.4 cm³/mol. The fourth-order valence-electron chi connectivity index (χ4n) is 2.01. The van der Waals surface area contributed by atoms with Gasteiger partial charge in [0.25, 0.3) is 0 Å². The molecule has 1 aromatic carbocycles. The van der Waals surface area contributed by atoms with Crippen LogP contribution in [0.2, 0.25) is 0 Å². The van der Waals surface area contributed by atoms with Crippen molar-refractivity contribution in [3.05, 3.63) is 47.7 Å². The number of fused-ring (bicyclic) bond motifs is 1. The lowest BCUT2D eigenvalue weighted by molar-refractivity contribution is 0.200. The highest BCUT2D eigenvalue weighted by Gasteiger charge is 2.08. The van der Waals surface area contributed by atoms with Crippen LogP contribution in [0, 0.1) is 0 Å². The van der Waals surface area contributed by atoms with E-state index in [2.05, 4.69) is 27.5 Å². The van der Waals surface area contributed by atoms with Gasteiger partial charge in [0.05, 0.1) is 6.61 Å². The predicted octanol–water partition coefficient (Wildman–Crippen LogP) is 3.55. The first-order valence-electron chi connectivity index (χ1n) is 6.16. The van der Waals surface area contributed by atoms with Crippen LogP contribution in [0.1, 0.15) is 5.82 Å². The largest absolute Gasteiger partial charge is 0.384 e. The Kier molecular flexibility index (Phi) is 3.53. The molecule has 3 rings (SSSR count). The number of nitrogens with zero attached hydrogens (tertiary/aromatic N) is 2. The van der Waals surface area contributed by atoms with Crippen LogP contribution in [0.15, 0.2) is 41.9 Å². The van der Waals surface area contributed by atoms with Crippen LogP contribution in [0.25, 0.3) is 21.3 Å². The van der Waals surface area contributed by atoms with Crippen LogP contribution in [-0.4, -0.2) is 23.7 Å². The lowest BCUT2D eigenvalue weighted by Gasteiger charge is -2.01. The van der Waals surface area contributed by atoms with Crippen molar-refractivity contribution in [3.8, 4) is 11.1 Å². The molecule has 19 heavy (non-hydrogen) atoms. The third kappa shape index (κ3) is 2.50. The number of rotatable bonds is 4. The molecule has 0 aliphatic carbocycles. The van der Waals surface area contributed by atoms with E-state index in [-0.39, 0.29) is 0 Å². The minimum atomic E-state index is 0.655. The molecule has 96 valence electrons. The molecule has 0 saturated heterocycles. The van der Waals surface area contributed by atoms with Crippen LogP contribution in [0.5, 0.6) is 0 Å². The highest BCUT2D eigenvalue weighted by atomic mass is 32.1. The van der Waals surface area contributed by atoms with Gasteiger partial charge in [-0.05, 0) is 5.56 Å². The quantitative estimate of drug-likeness (QED) is 0.727. The second-order valence-corrected chi connectivity index (χ2v) is 5.12. The Morgan fingerprint density at radius 1 is 1.21 bits per heavy atom. The summed E-state index contributed by atoms with van der Waals surface area (Å²) in [6.07, 6.45) is 2.68. The summed E-state index contributed by atoms with van der Waals surface area (Å²) < 4.78 is 5.06. The van der Waals surface area contributed by atoms with E-state index in [9.17, 15) is 0 Å². The number of hydrogen-bond donors (Lipinski definition) is 0. The number of benzene rings is 1. The Morgan fingerprint density at radius 2 is 2.05 bits per heavy atom. The molecule has 3 aromatic rings. The summed E-state index contributed by atoms with van der Waals surface area (Å²) in [5, 5.41) is 3.27. The van der Waals surface area contributed by atoms with Gasteiger partial charge < -0.3 is 4.74 Å². The Balaban J connectivity index is 2.00. The number of thiophene rings is 1. The van der Waals surface area contributed by atoms with Crippen LogP contribution >= 0.6 is 11.3 Å². The van der Waals surface area contributed by atoms with Crippen molar-refractivity contribution in [2.24, 2.45) is 0 Å². The lowest BCUT2D eigenvalue weighted by atomic mass is 10.1. The number of hydrogen-bond acceptors (Lipinski definition) is 4. The topological polar surface area (TPSA) is 35.0 Å². The van der Waals surface area contributed by atoms with Crippen molar-refractivity contribution < 1.29 is 4.74 Å².